The van der Waals surface area contributed by atoms with Crippen molar-refractivity contribution in [1.82, 2.24) is 14.3 Å². The molecule has 0 aliphatic carbocycles. The summed E-state index contributed by atoms with van der Waals surface area (Å²) < 4.78 is 54.0. The van der Waals surface area contributed by atoms with Gasteiger partial charge in [-0.05, 0) is 37.1 Å². The van der Waals surface area contributed by atoms with Gasteiger partial charge in [0, 0.05) is 45.5 Å². The van der Waals surface area contributed by atoms with Crippen molar-refractivity contribution >= 4 is 21.8 Å². The second kappa shape index (κ2) is 7.59. The highest BCUT2D eigenvalue weighted by Gasteiger charge is 2.31. The number of aromatic nitrogens is 2. The summed E-state index contributed by atoms with van der Waals surface area (Å²) in [5, 5.41) is 0. The van der Waals surface area contributed by atoms with Gasteiger partial charge < -0.3 is 9.80 Å². The van der Waals surface area contributed by atoms with Crippen LogP contribution in [0.5, 0.6) is 0 Å². The first kappa shape index (κ1) is 19.0. The molecule has 1 aromatic heterocycles. The Balaban J connectivity index is 1.47. The summed E-state index contributed by atoms with van der Waals surface area (Å²) in [5.74, 6) is -0.304. The highest BCUT2D eigenvalue weighted by Crippen LogP contribution is 2.24. The van der Waals surface area contributed by atoms with Crippen molar-refractivity contribution in [1.29, 1.82) is 0 Å². The first-order chi connectivity index (χ1) is 13.4. The average molecular weight is 409 g/mol. The first-order valence-corrected chi connectivity index (χ1v) is 10.7. The number of nitrogens with zero attached hydrogens (tertiary/aromatic N) is 5. The van der Waals surface area contributed by atoms with Crippen LogP contribution in [0.15, 0.2) is 35.4 Å². The molecule has 0 amide bonds. The summed E-state index contributed by atoms with van der Waals surface area (Å²) in [6.45, 7) is 3.03. The Morgan fingerprint density at radius 3 is 2.32 bits per heavy atom. The molecule has 0 radical (unpaired) electrons. The van der Waals surface area contributed by atoms with Crippen molar-refractivity contribution in [2.75, 3.05) is 49.1 Å². The quantitative estimate of drug-likeness (QED) is 0.768. The van der Waals surface area contributed by atoms with Crippen LogP contribution in [-0.2, 0) is 10.0 Å². The van der Waals surface area contributed by atoms with Gasteiger partial charge in [0.2, 0.25) is 16.0 Å². The highest BCUT2D eigenvalue weighted by molar-refractivity contribution is 7.89. The Labute approximate surface area is 162 Å². The molecule has 0 unspecified atom stereocenters. The maximum absolute atomic E-state index is 13.9. The van der Waals surface area contributed by atoms with Crippen LogP contribution in [0.4, 0.5) is 20.5 Å². The lowest BCUT2D eigenvalue weighted by atomic mass is 10.3. The van der Waals surface area contributed by atoms with E-state index in [9.17, 15) is 17.2 Å². The van der Waals surface area contributed by atoms with Crippen LogP contribution in [-0.4, -0.2) is 62.0 Å². The van der Waals surface area contributed by atoms with Crippen molar-refractivity contribution < 1.29 is 17.2 Å². The number of rotatable bonds is 4. The maximum Gasteiger partial charge on any atom is 0.246 e. The summed E-state index contributed by atoms with van der Waals surface area (Å²) in [6.07, 6.45) is 3.96. The van der Waals surface area contributed by atoms with E-state index in [0.717, 1.165) is 49.9 Å². The number of halogens is 2. The average Bonchev–Trinajstić information content (AvgIpc) is 3.25. The molecule has 7 nitrogen and oxygen atoms in total. The van der Waals surface area contributed by atoms with Gasteiger partial charge in [0.1, 0.15) is 22.3 Å². The minimum atomic E-state index is -4.09. The zero-order chi connectivity index (χ0) is 19.7. The van der Waals surface area contributed by atoms with Crippen LogP contribution in [0.2, 0.25) is 0 Å². The molecule has 0 atom stereocenters. The van der Waals surface area contributed by atoms with Gasteiger partial charge >= 0.3 is 0 Å². The summed E-state index contributed by atoms with van der Waals surface area (Å²) in [4.78, 5) is 12.4. The first-order valence-electron chi connectivity index (χ1n) is 9.23. The van der Waals surface area contributed by atoms with Gasteiger partial charge in [-0.25, -0.2) is 22.2 Å². The van der Waals surface area contributed by atoms with E-state index in [1.54, 1.807) is 12.3 Å². The van der Waals surface area contributed by atoms with Crippen molar-refractivity contribution in [3.8, 4) is 0 Å². The van der Waals surface area contributed by atoms with Gasteiger partial charge in [-0.3, -0.25) is 0 Å². The van der Waals surface area contributed by atoms with Gasteiger partial charge in [-0.2, -0.15) is 9.29 Å². The van der Waals surface area contributed by atoms with Crippen LogP contribution < -0.4 is 9.80 Å². The molecular formula is C18H21F2N5O2S. The molecule has 2 aromatic rings. The molecule has 0 saturated carbocycles. The van der Waals surface area contributed by atoms with Crippen LogP contribution in [0.3, 0.4) is 0 Å². The minimum Gasteiger partial charge on any atom is -0.354 e. The zero-order valence-corrected chi connectivity index (χ0v) is 16.1. The molecule has 2 aliphatic rings. The molecular weight excluding hydrogens is 388 g/mol. The Kier molecular flexibility index (Phi) is 5.15. The molecule has 2 saturated heterocycles. The molecule has 28 heavy (non-hydrogen) atoms. The van der Waals surface area contributed by atoms with Gasteiger partial charge in [-0.15, -0.1) is 0 Å². The molecule has 0 N–H and O–H groups in total. The lowest BCUT2D eigenvalue weighted by Gasteiger charge is -2.34. The van der Waals surface area contributed by atoms with E-state index in [1.807, 2.05) is 4.90 Å². The summed E-state index contributed by atoms with van der Waals surface area (Å²) in [7, 11) is -4.09. The zero-order valence-electron chi connectivity index (χ0n) is 15.3. The number of hydrogen-bond acceptors (Lipinski definition) is 6. The van der Waals surface area contributed by atoms with Gasteiger partial charge in [0.05, 0.1) is 0 Å². The topological polar surface area (TPSA) is 69.6 Å². The predicted molar refractivity (Wildman–Crippen MR) is 101 cm³/mol. The second-order valence-corrected chi connectivity index (χ2v) is 8.78. The normalized spacial score (nSPS) is 18.6. The molecule has 2 fully saturated rings. The Hall–Kier alpha value is -2.33. The van der Waals surface area contributed by atoms with Gasteiger partial charge in [-0.1, -0.05) is 0 Å². The van der Waals surface area contributed by atoms with Crippen molar-refractivity contribution in [2.24, 2.45) is 0 Å². The molecule has 0 spiro atoms. The van der Waals surface area contributed by atoms with Crippen molar-refractivity contribution in [2.45, 2.75) is 17.7 Å². The molecule has 3 heterocycles. The van der Waals surface area contributed by atoms with Crippen molar-refractivity contribution in [3.63, 3.8) is 0 Å². The largest absolute Gasteiger partial charge is 0.354 e. The van der Waals surface area contributed by atoms with Crippen LogP contribution in [0.25, 0.3) is 0 Å². The summed E-state index contributed by atoms with van der Waals surface area (Å²) in [5.41, 5.74) is 0. The fraction of sp³-hybridized carbons (Fsp3) is 0.444. The van der Waals surface area contributed by atoms with Crippen LogP contribution in [0, 0.1) is 11.6 Å². The number of sulfonamides is 1. The van der Waals surface area contributed by atoms with E-state index in [0.29, 0.717) is 19.0 Å². The maximum atomic E-state index is 13.9. The van der Waals surface area contributed by atoms with Gasteiger partial charge in [0.25, 0.3) is 0 Å². The molecule has 2 aliphatic heterocycles. The lowest BCUT2D eigenvalue weighted by Crippen LogP contribution is -2.49. The number of hydrogen-bond donors (Lipinski definition) is 0. The fourth-order valence-electron chi connectivity index (χ4n) is 3.56. The third-order valence-electron chi connectivity index (χ3n) is 5.09. The van der Waals surface area contributed by atoms with E-state index in [-0.39, 0.29) is 13.1 Å². The second-order valence-electron chi connectivity index (χ2n) is 6.87. The van der Waals surface area contributed by atoms with Crippen LogP contribution in [0.1, 0.15) is 12.8 Å². The van der Waals surface area contributed by atoms with Gasteiger partial charge in [0.15, 0.2) is 0 Å². The molecule has 150 valence electrons. The van der Waals surface area contributed by atoms with Crippen molar-refractivity contribution in [3.05, 3.63) is 42.1 Å². The van der Waals surface area contributed by atoms with E-state index >= 15 is 0 Å². The summed E-state index contributed by atoms with van der Waals surface area (Å²) >= 11 is 0. The third-order valence-corrected chi connectivity index (χ3v) is 7.00. The fourth-order valence-corrected chi connectivity index (χ4v) is 5.05. The van der Waals surface area contributed by atoms with E-state index in [1.165, 1.54) is 4.31 Å². The monoisotopic (exact) mass is 409 g/mol. The van der Waals surface area contributed by atoms with E-state index < -0.39 is 26.6 Å². The Morgan fingerprint density at radius 2 is 1.61 bits per heavy atom. The Morgan fingerprint density at radius 1 is 0.893 bits per heavy atom. The minimum absolute atomic E-state index is 0.168. The molecule has 10 heteroatoms. The highest BCUT2D eigenvalue weighted by atomic mass is 32.2. The molecule has 4 rings (SSSR count). The lowest BCUT2D eigenvalue weighted by molar-refractivity contribution is 0.381. The number of anilines is 2. The Bertz CT molecular complexity index is 958. The molecule has 1 aromatic carbocycles. The smallest absolute Gasteiger partial charge is 0.246 e. The SMILES string of the molecule is O=S(=O)(c1cc(F)ccc1F)N1CCN(c2ccnc(N3CCCC3)n2)CC1. The predicted octanol–water partition coefficient (Wildman–Crippen LogP) is 1.87. The summed E-state index contributed by atoms with van der Waals surface area (Å²) in [6, 6.07) is 4.26. The van der Waals surface area contributed by atoms with Crippen LogP contribution >= 0.6 is 0 Å². The van der Waals surface area contributed by atoms with E-state index in [4.69, 9.17) is 0 Å². The third kappa shape index (κ3) is 3.66. The van der Waals surface area contributed by atoms with E-state index in [2.05, 4.69) is 14.9 Å². The standard InChI is InChI=1S/C18H21F2N5O2S/c19-14-3-4-15(20)16(13-14)28(26,27)25-11-9-23(10-12-25)17-5-6-21-18(22-17)24-7-1-2-8-24/h3-6,13H,1-2,7-12H2. The number of benzene rings is 1. The molecule has 0 bridgehead atoms. The number of piperazine rings is 1.